The zero-order valence-corrected chi connectivity index (χ0v) is 12.9. The monoisotopic (exact) mass is 303 g/mol. The maximum absolute atomic E-state index is 12.7. The number of nitrogens with zero attached hydrogens (tertiary/aromatic N) is 1. The van der Waals surface area contributed by atoms with Gasteiger partial charge in [0.15, 0.2) is 0 Å². The first kappa shape index (κ1) is 16.6. The van der Waals surface area contributed by atoms with Gasteiger partial charge in [-0.25, -0.2) is 0 Å². The maximum atomic E-state index is 12.7. The third-order valence-corrected chi connectivity index (χ3v) is 4.95. The minimum absolute atomic E-state index is 0.0593. The molecular formula is C16H24F3NO. The summed E-state index contributed by atoms with van der Waals surface area (Å²) >= 11 is 0. The van der Waals surface area contributed by atoms with E-state index in [0.29, 0.717) is 25.7 Å². The molecule has 0 saturated heterocycles. The van der Waals surface area contributed by atoms with E-state index in [1.165, 1.54) is 6.08 Å². The fourth-order valence-electron chi connectivity index (χ4n) is 3.14. The van der Waals surface area contributed by atoms with E-state index in [1.54, 1.807) is 0 Å². The van der Waals surface area contributed by atoms with Crippen molar-refractivity contribution in [2.75, 3.05) is 14.1 Å². The molecule has 21 heavy (non-hydrogen) atoms. The number of allylic oxidation sites excluding steroid dienone is 2. The van der Waals surface area contributed by atoms with Gasteiger partial charge in [-0.1, -0.05) is 12.2 Å². The number of halogens is 3. The lowest BCUT2D eigenvalue weighted by Crippen LogP contribution is -2.35. The number of likely N-dealkylation sites (N-methyl/N-ethyl adjacent to an activating group) is 1. The summed E-state index contributed by atoms with van der Waals surface area (Å²) in [6.45, 7) is 2.05. The topological polar surface area (TPSA) is 23.5 Å². The number of hydrogen-bond donors (Lipinski definition) is 1. The smallest absolute Gasteiger partial charge is 0.388 e. The number of alkyl halides is 3. The quantitative estimate of drug-likeness (QED) is 0.804. The second-order valence-corrected chi connectivity index (χ2v) is 6.54. The fourth-order valence-corrected chi connectivity index (χ4v) is 3.14. The van der Waals surface area contributed by atoms with E-state index < -0.39 is 17.9 Å². The van der Waals surface area contributed by atoms with Gasteiger partial charge < -0.3 is 5.11 Å². The van der Waals surface area contributed by atoms with Crippen LogP contribution < -0.4 is 0 Å². The Kier molecular flexibility index (Phi) is 4.54. The summed E-state index contributed by atoms with van der Waals surface area (Å²) in [4.78, 5) is 2.05. The molecule has 0 aromatic heterocycles. The Morgan fingerprint density at radius 1 is 1.33 bits per heavy atom. The summed E-state index contributed by atoms with van der Waals surface area (Å²) in [7, 11) is 3.93. The summed E-state index contributed by atoms with van der Waals surface area (Å²) in [6, 6.07) is 0. The van der Waals surface area contributed by atoms with Gasteiger partial charge in [-0.2, -0.15) is 13.2 Å². The molecule has 0 radical (unpaired) electrons. The largest absolute Gasteiger partial charge is 0.412 e. The van der Waals surface area contributed by atoms with E-state index in [0.717, 1.165) is 5.57 Å². The highest BCUT2D eigenvalue weighted by Crippen LogP contribution is 2.44. The van der Waals surface area contributed by atoms with Crippen molar-refractivity contribution < 1.29 is 18.3 Å². The Bertz CT molecular complexity index is 453. The predicted molar refractivity (Wildman–Crippen MR) is 76.9 cm³/mol. The first-order valence-electron chi connectivity index (χ1n) is 7.51. The summed E-state index contributed by atoms with van der Waals surface area (Å²) in [5.74, 6) is 0.0593. The molecule has 3 unspecified atom stereocenters. The highest BCUT2D eigenvalue weighted by Gasteiger charge is 2.46. The van der Waals surface area contributed by atoms with Crippen LogP contribution in [0.3, 0.4) is 0 Å². The van der Waals surface area contributed by atoms with Crippen LogP contribution in [0.5, 0.6) is 0 Å². The molecule has 1 N–H and O–H groups in total. The number of aliphatic hydroxyl groups is 1. The lowest BCUT2D eigenvalue weighted by atomic mass is 9.85. The van der Waals surface area contributed by atoms with Crippen LogP contribution in [0.25, 0.3) is 0 Å². The van der Waals surface area contributed by atoms with Crippen molar-refractivity contribution >= 4 is 0 Å². The minimum atomic E-state index is -4.20. The molecule has 0 saturated carbocycles. The second kappa shape index (κ2) is 5.76. The minimum Gasteiger partial charge on any atom is -0.388 e. The number of aliphatic hydroxyl groups excluding tert-OH is 1. The summed E-state index contributed by atoms with van der Waals surface area (Å²) in [5, 5.41) is 10.5. The third kappa shape index (κ3) is 3.51. The van der Waals surface area contributed by atoms with Gasteiger partial charge >= 0.3 is 6.18 Å². The van der Waals surface area contributed by atoms with Gasteiger partial charge in [-0.15, -0.1) is 0 Å². The zero-order valence-electron chi connectivity index (χ0n) is 12.9. The predicted octanol–water partition coefficient (Wildman–Crippen LogP) is 3.68. The van der Waals surface area contributed by atoms with Gasteiger partial charge in [-0.3, -0.25) is 4.90 Å². The number of hydrogen-bond acceptors (Lipinski definition) is 2. The molecule has 3 atom stereocenters. The molecule has 120 valence electrons. The van der Waals surface area contributed by atoms with Gasteiger partial charge in [0.05, 0.1) is 11.6 Å². The molecule has 0 spiro atoms. The highest BCUT2D eigenvalue weighted by molar-refractivity contribution is 5.47. The molecule has 0 amide bonds. The van der Waals surface area contributed by atoms with E-state index in [2.05, 4.69) is 11.8 Å². The van der Waals surface area contributed by atoms with E-state index in [1.807, 2.05) is 20.2 Å². The SMILES string of the molecule is CN(C)C1(C)C=C1C(O)C1CCC=C(C(F)(F)F)CCC1. The maximum Gasteiger partial charge on any atom is 0.412 e. The van der Waals surface area contributed by atoms with Gasteiger partial charge in [0, 0.05) is 5.57 Å². The molecule has 0 fully saturated rings. The normalized spacial score (nSPS) is 32.1. The molecule has 0 aliphatic heterocycles. The average Bonchev–Trinajstić information content (AvgIpc) is 3.00. The van der Waals surface area contributed by atoms with Gasteiger partial charge in [0.2, 0.25) is 0 Å². The lowest BCUT2D eigenvalue weighted by Gasteiger charge is -2.29. The van der Waals surface area contributed by atoms with Gasteiger partial charge in [0.25, 0.3) is 0 Å². The Balaban J connectivity index is 1.96. The van der Waals surface area contributed by atoms with E-state index in [-0.39, 0.29) is 17.9 Å². The molecule has 2 aliphatic carbocycles. The summed E-state index contributed by atoms with van der Waals surface area (Å²) in [5.41, 5.74) is 0.451. The molecule has 0 aromatic rings. The first-order chi connectivity index (χ1) is 9.66. The lowest BCUT2D eigenvalue weighted by molar-refractivity contribution is -0.0948. The third-order valence-electron chi connectivity index (χ3n) is 4.95. The van der Waals surface area contributed by atoms with Crippen molar-refractivity contribution in [2.45, 2.75) is 56.8 Å². The summed E-state index contributed by atoms with van der Waals surface area (Å²) in [6.07, 6.45) is 0.834. The Hall–Kier alpha value is -0.810. The van der Waals surface area contributed by atoms with Crippen molar-refractivity contribution in [3.05, 3.63) is 23.3 Å². The van der Waals surface area contributed by atoms with Crippen molar-refractivity contribution in [1.82, 2.24) is 4.90 Å². The Morgan fingerprint density at radius 3 is 2.52 bits per heavy atom. The molecule has 0 bridgehead atoms. The fraction of sp³-hybridized carbons (Fsp3) is 0.750. The van der Waals surface area contributed by atoms with Crippen LogP contribution in [0.4, 0.5) is 13.2 Å². The molecule has 5 heteroatoms. The zero-order chi connectivity index (χ0) is 15.8. The van der Waals surface area contributed by atoms with Crippen molar-refractivity contribution in [2.24, 2.45) is 5.92 Å². The van der Waals surface area contributed by atoms with Crippen LogP contribution in [0.1, 0.15) is 39.0 Å². The van der Waals surface area contributed by atoms with Crippen molar-refractivity contribution in [3.63, 3.8) is 0 Å². The van der Waals surface area contributed by atoms with Crippen LogP contribution in [-0.4, -0.2) is 41.9 Å². The van der Waals surface area contributed by atoms with E-state index >= 15 is 0 Å². The van der Waals surface area contributed by atoms with Crippen LogP contribution in [0.2, 0.25) is 0 Å². The second-order valence-electron chi connectivity index (χ2n) is 6.54. The number of rotatable bonds is 3. The van der Waals surface area contributed by atoms with Crippen molar-refractivity contribution in [1.29, 1.82) is 0 Å². The van der Waals surface area contributed by atoms with E-state index in [4.69, 9.17) is 0 Å². The van der Waals surface area contributed by atoms with Gasteiger partial charge in [-0.05, 0) is 64.6 Å². The summed E-state index contributed by atoms with van der Waals surface area (Å²) < 4.78 is 38.1. The average molecular weight is 303 g/mol. The molecular weight excluding hydrogens is 279 g/mol. The molecule has 0 aromatic carbocycles. The first-order valence-corrected chi connectivity index (χ1v) is 7.51. The molecule has 2 aliphatic rings. The van der Waals surface area contributed by atoms with E-state index in [9.17, 15) is 18.3 Å². The highest BCUT2D eigenvalue weighted by atomic mass is 19.4. The van der Waals surface area contributed by atoms with Crippen LogP contribution in [0.15, 0.2) is 23.3 Å². The molecule has 0 heterocycles. The Labute approximate surface area is 124 Å². The van der Waals surface area contributed by atoms with Crippen molar-refractivity contribution in [3.8, 4) is 0 Å². The Morgan fingerprint density at radius 2 is 2.00 bits per heavy atom. The van der Waals surface area contributed by atoms with Crippen LogP contribution in [0, 0.1) is 5.92 Å². The molecule has 2 nitrogen and oxygen atoms in total. The van der Waals surface area contributed by atoms with Crippen LogP contribution >= 0.6 is 0 Å². The molecule has 2 rings (SSSR count). The van der Waals surface area contributed by atoms with Crippen LogP contribution in [-0.2, 0) is 0 Å². The standard InChI is InChI=1S/C16H24F3NO/c1-15(20(2)3)10-13(15)14(21)11-6-4-8-12(9-5-7-11)16(17,18)19/h8,10-11,14,21H,4-7,9H2,1-3H3. The van der Waals surface area contributed by atoms with Gasteiger partial charge in [0.1, 0.15) is 0 Å².